The molecule has 2 N–H and O–H groups in total. The van der Waals surface area contributed by atoms with Gasteiger partial charge in [-0.3, -0.25) is 34.1 Å². The van der Waals surface area contributed by atoms with Crippen LogP contribution in [0.1, 0.15) is 114 Å². The van der Waals surface area contributed by atoms with Gasteiger partial charge in [-0.25, -0.2) is 0 Å². The summed E-state index contributed by atoms with van der Waals surface area (Å²) in [7, 11) is 0. The van der Waals surface area contributed by atoms with Crippen molar-refractivity contribution in [2.75, 3.05) is 11.9 Å². The van der Waals surface area contributed by atoms with Gasteiger partial charge in [-0.05, 0) is 80.5 Å². The minimum Gasteiger partial charge on any atom is -0.385 e. The highest BCUT2D eigenvalue weighted by molar-refractivity contribution is 6.23. The van der Waals surface area contributed by atoms with E-state index in [2.05, 4.69) is 21.5 Å². The zero-order valence-corrected chi connectivity index (χ0v) is 21.4. The van der Waals surface area contributed by atoms with E-state index >= 15 is 0 Å². The van der Waals surface area contributed by atoms with Crippen molar-refractivity contribution < 1.29 is 19.2 Å². The largest absolute Gasteiger partial charge is 0.385 e. The Morgan fingerprint density at radius 2 is 1.68 bits per heavy atom. The van der Waals surface area contributed by atoms with Gasteiger partial charge < -0.3 is 5.32 Å². The van der Waals surface area contributed by atoms with Gasteiger partial charge in [0.15, 0.2) is 0 Å². The van der Waals surface area contributed by atoms with E-state index in [9.17, 15) is 19.2 Å². The maximum absolute atomic E-state index is 13.1. The van der Waals surface area contributed by atoms with Crippen LogP contribution < -0.4 is 10.6 Å². The summed E-state index contributed by atoms with van der Waals surface area (Å²) in [5.41, 5.74) is 4.30. The van der Waals surface area contributed by atoms with Crippen LogP contribution in [0.4, 0.5) is 5.69 Å². The number of imide groups is 2. The fourth-order valence-electron chi connectivity index (χ4n) is 6.76. The molecule has 2 aliphatic heterocycles. The van der Waals surface area contributed by atoms with Crippen LogP contribution in [0.5, 0.6) is 0 Å². The third kappa shape index (κ3) is 4.03. The molecule has 3 heterocycles. The predicted octanol–water partition coefficient (Wildman–Crippen LogP) is 3.88. The Kier molecular flexibility index (Phi) is 5.63. The van der Waals surface area contributed by atoms with Gasteiger partial charge in [0.25, 0.3) is 11.8 Å². The molecular formula is C29H33N5O4. The van der Waals surface area contributed by atoms with E-state index < -0.39 is 23.8 Å². The van der Waals surface area contributed by atoms with Gasteiger partial charge in [0.2, 0.25) is 11.8 Å². The van der Waals surface area contributed by atoms with E-state index in [1.807, 2.05) is 6.07 Å². The Morgan fingerprint density at radius 3 is 2.42 bits per heavy atom. The SMILES string of the molecule is O=C1CCC(N2C(=O)c3ccc(NC[C@H]4C[C@H](n5cc(C6CCCC6)c(C6CC6)n5)C4)cc3C2=O)C(=O)N1. The molecule has 9 heteroatoms. The van der Waals surface area contributed by atoms with Crippen LogP contribution in [-0.4, -0.2) is 50.9 Å². The van der Waals surface area contributed by atoms with Crippen LogP contribution in [-0.2, 0) is 9.59 Å². The Bertz CT molecular complexity index is 1330. The average molecular weight is 516 g/mol. The number of aromatic nitrogens is 2. The molecule has 4 fully saturated rings. The van der Waals surface area contributed by atoms with E-state index in [0.717, 1.165) is 30.0 Å². The van der Waals surface area contributed by atoms with Crippen LogP contribution in [0, 0.1) is 5.92 Å². The lowest BCUT2D eigenvalue weighted by Crippen LogP contribution is -2.54. The second-order valence-electron chi connectivity index (χ2n) is 11.8. The molecule has 1 unspecified atom stereocenters. The monoisotopic (exact) mass is 515 g/mol. The standard InChI is InChI=1S/C29H33N5O4/c35-25-10-9-24(27(36)31-25)34-28(37)21-8-7-19(13-22(21)29(34)38)30-14-16-11-20(12-16)33-15-23(17-3-1-2-4-17)26(32-33)18-5-6-18/h7-8,13,15-18,20,24,30H,1-6,9-12,14H2,(H,31,35,36)/t16-,20-,24?. The highest BCUT2D eigenvalue weighted by Crippen LogP contribution is 2.47. The summed E-state index contributed by atoms with van der Waals surface area (Å²) in [6, 6.07) is 4.69. The zero-order valence-electron chi connectivity index (χ0n) is 21.4. The summed E-state index contributed by atoms with van der Waals surface area (Å²) in [5, 5.41) is 10.8. The van der Waals surface area contributed by atoms with E-state index in [4.69, 9.17) is 5.10 Å². The molecule has 198 valence electrons. The quantitative estimate of drug-likeness (QED) is 0.541. The topological polar surface area (TPSA) is 113 Å². The Hall–Kier alpha value is -3.49. The molecule has 7 rings (SSSR count). The van der Waals surface area contributed by atoms with Gasteiger partial charge in [-0.2, -0.15) is 5.10 Å². The second-order valence-corrected chi connectivity index (χ2v) is 11.8. The first kappa shape index (κ1) is 23.6. The minimum absolute atomic E-state index is 0.112. The normalized spacial score (nSPS) is 27.5. The molecule has 0 radical (unpaired) electrons. The number of rotatable bonds is 7. The van der Waals surface area contributed by atoms with Gasteiger partial charge in [-0.1, -0.05) is 12.8 Å². The molecule has 5 aliphatic rings. The highest BCUT2D eigenvalue weighted by atomic mass is 16.2. The molecule has 38 heavy (non-hydrogen) atoms. The Labute approximate surface area is 221 Å². The molecule has 1 atom stereocenters. The van der Waals surface area contributed by atoms with Crippen molar-refractivity contribution in [2.24, 2.45) is 5.92 Å². The van der Waals surface area contributed by atoms with Crippen molar-refractivity contribution in [2.45, 2.75) is 88.1 Å². The predicted molar refractivity (Wildman–Crippen MR) is 139 cm³/mol. The minimum atomic E-state index is -0.944. The molecule has 3 saturated carbocycles. The summed E-state index contributed by atoms with van der Waals surface area (Å²) in [6.45, 7) is 0.792. The van der Waals surface area contributed by atoms with Gasteiger partial charge in [-0.15, -0.1) is 0 Å². The first-order valence-electron chi connectivity index (χ1n) is 14.1. The number of fused-ring (bicyclic) bond motifs is 1. The summed E-state index contributed by atoms with van der Waals surface area (Å²) in [6.07, 6.45) is 12.7. The number of nitrogens with zero attached hydrogens (tertiary/aromatic N) is 3. The maximum atomic E-state index is 13.1. The number of carbonyl (C=O) groups is 4. The first-order chi connectivity index (χ1) is 18.5. The Balaban J connectivity index is 0.973. The molecule has 4 amide bonds. The molecule has 1 aromatic heterocycles. The fraction of sp³-hybridized carbons (Fsp3) is 0.552. The maximum Gasteiger partial charge on any atom is 0.262 e. The number of hydrogen-bond acceptors (Lipinski definition) is 6. The number of carbonyl (C=O) groups excluding carboxylic acids is 4. The van der Waals surface area contributed by atoms with E-state index in [1.54, 1.807) is 12.1 Å². The summed E-state index contributed by atoms with van der Waals surface area (Å²) in [4.78, 5) is 50.7. The van der Waals surface area contributed by atoms with Crippen LogP contribution in [0.25, 0.3) is 0 Å². The molecule has 0 bridgehead atoms. The molecule has 0 spiro atoms. The lowest BCUT2D eigenvalue weighted by atomic mass is 9.80. The molecule has 1 aromatic carbocycles. The molecule has 9 nitrogen and oxygen atoms in total. The van der Waals surface area contributed by atoms with Gasteiger partial charge in [0.05, 0.1) is 22.9 Å². The number of piperidine rings is 1. The summed E-state index contributed by atoms with van der Waals surface area (Å²) < 4.78 is 2.25. The zero-order chi connectivity index (χ0) is 26.0. The number of anilines is 1. The summed E-state index contributed by atoms with van der Waals surface area (Å²) >= 11 is 0. The van der Waals surface area contributed by atoms with Crippen molar-refractivity contribution in [3.05, 3.63) is 46.8 Å². The number of hydrogen-bond donors (Lipinski definition) is 2. The van der Waals surface area contributed by atoms with Crippen molar-refractivity contribution >= 4 is 29.3 Å². The van der Waals surface area contributed by atoms with Crippen molar-refractivity contribution in [3.8, 4) is 0 Å². The van der Waals surface area contributed by atoms with Crippen LogP contribution in [0.3, 0.4) is 0 Å². The van der Waals surface area contributed by atoms with Crippen LogP contribution in [0.2, 0.25) is 0 Å². The average Bonchev–Trinajstić information content (AvgIpc) is 3.29. The number of amides is 4. The smallest absolute Gasteiger partial charge is 0.262 e. The second kappa shape index (κ2) is 9.06. The number of benzene rings is 1. The van der Waals surface area contributed by atoms with Crippen molar-refractivity contribution in [3.63, 3.8) is 0 Å². The third-order valence-electron chi connectivity index (χ3n) is 9.17. The van der Waals surface area contributed by atoms with Gasteiger partial charge >= 0.3 is 0 Å². The Morgan fingerprint density at radius 1 is 0.921 bits per heavy atom. The molecule has 1 saturated heterocycles. The van der Waals surface area contributed by atoms with Gasteiger partial charge in [0.1, 0.15) is 6.04 Å². The van der Waals surface area contributed by atoms with E-state index in [0.29, 0.717) is 34.9 Å². The van der Waals surface area contributed by atoms with E-state index in [1.165, 1.54) is 49.8 Å². The molecule has 2 aromatic rings. The van der Waals surface area contributed by atoms with E-state index in [-0.39, 0.29) is 18.7 Å². The first-order valence-corrected chi connectivity index (χ1v) is 14.1. The molecule has 3 aliphatic carbocycles. The van der Waals surface area contributed by atoms with Crippen LogP contribution in [0.15, 0.2) is 24.4 Å². The van der Waals surface area contributed by atoms with Crippen molar-refractivity contribution in [1.82, 2.24) is 20.0 Å². The van der Waals surface area contributed by atoms with Gasteiger partial charge in [0, 0.05) is 30.8 Å². The van der Waals surface area contributed by atoms with Crippen molar-refractivity contribution in [1.29, 1.82) is 0 Å². The summed E-state index contributed by atoms with van der Waals surface area (Å²) in [5.74, 6) is -0.0103. The number of nitrogens with one attached hydrogen (secondary N) is 2. The third-order valence-corrected chi connectivity index (χ3v) is 9.17. The van der Waals surface area contributed by atoms with Crippen LogP contribution >= 0.6 is 0 Å². The molecular weight excluding hydrogens is 482 g/mol. The lowest BCUT2D eigenvalue weighted by Gasteiger charge is -2.35. The fourth-order valence-corrected chi connectivity index (χ4v) is 6.76. The highest BCUT2D eigenvalue weighted by Gasteiger charge is 2.44. The lowest BCUT2D eigenvalue weighted by molar-refractivity contribution is -0.136.